The van der Waals surface area contributed by atoms with Crippen molar-refractivity contribution in [3.8, 4) is 0 Å². The second kappa shape index (κ2) is 3.59. The summed E-state index contributed by atoms with van der Waals surface area (Å²) in [5.41, 5.74) is -0.615. The Hall–Kier alpha value is -0.900. The Balaban J connectivity index is 3.30. The first-order valence-corrected chi connectivity index (χ1v) is 4.33. The number of benzene rings is 1. The smallest absolute Gasteiger partial charge is 0.399 e. The van der Waals surface area contributed by atoms with Gasteiger partial charge >= 0.3 is 6.18 Å². The highest BCUT2D eigenvalue weighted by Gasteiger charge is 2.34. The Morgan fingerprint density at radius 1 is 0.933 bits per heavy atom. The second-order valence-electron chi connectivity index (χ2n) is 2.96. The molecule has 7 heteroatoms. The Morgan fingerprint density at radius 2 is 1.40 bits per heavy atom. The van der Waals surface area contributed by atoms with Gasteiger partial charge in [-0.05, 0) is 18.2 Å². The zero-order chi connectivity index (χ0) is 11.9. The average molecular weight is 243 g/mol. The van der Waals surface area contributed by atoms with Crippen molar-refractivity contribution >= 4 is 14.9 Å². The molecule has 0 aliphatic heterocycles. The molecule has 1 unspecified atom stereocenters. The number of hydrogen-bond donors (Lipinski definition) is 1. The number of alkyl halides is 5. The third-order valence-corrected chi connectivity index (χ3v) is 2.00. The van der Waals surface area contributed by atoms with Gasteiger partial charge in [-0.15, -0.1) is 0 Å². The van der Waals surface area contributed by atoms with E-state index in [1.807, 2.05) is 0 Å². The number of nitrogen functional groups attached to an aromatic ring is 1. The van der Waals surface area contributed by atoms with E-state index in [-0.39, 0.29) is 5.69 Å². The van der Waals surface area contributed by atoms with Crippen LogP contribution in [-0.2, 0) is 11.8 Å². The fourth-order valence-corrected chi connectivity index (χ4v) is 1.17. The molecule has 0 bridgehead atoms. The predicted octanol–water partition coefficient (Wildman–Crippen LogP) is 3.21. The predicted molar refractivity (Wildman–Crippen MR) is 49.5 cm³/mol. The van der Waals surface area contributed by atoms with Crippen LogP contribution in [0.25, 0.3) is 0 Å². The van der Waals surface area contributed by atoms with Crippen molar-refractivity contribution in [2.24, 2.45) is 0 Å². The number of hydrogen-bond acceptors (Lipinski definition) is 1. The average Bonchev–Trinajstić information content (AvgIpc) is 1.99. The lowest BCUT2D eigenvalue weighted by molar-refractivity contribution is -0.137. The maximum absolute atomic E-state index is 12.7. The van der Waals surface area contributed by atoms with E-state index in [1.165, 1.54) is 0 Å². The van der Waals surface area contributed by atoms with E-state index in [0.29, 0.717) is 12.1 Å². The Morgan fingerprint density at radius 3 is 1.80 bits per heavy atom. The molecule has 1 atom stereocenters. The summed E-state index contributed by atoms with van der Waals surface area (Å²) in [4.78, 5) is 0. The summed E-state index contributed by atoms with van der Waals surface area (Å²) < 4.78 is 62.2. The Labute approximate surface area is 84.7 Å². The van der Waals surface area contributed by atoms with Gasteiger partial charge in [0.1, 0.15) is 0 Å². The van der Waals surface area contributed by atoms with Crippen LogP contribution < -0.4 is 5.73 Å². The minimum atomic E-state index is -4.68. The summed E-state index contributed by atoms with van der Waals surface area (Å²) in [6.07, 6.45) is -4.68. The summed E-state index contributed by atoms with van der Waals surface area (Å²) in [6, 6.07) is 1.80. The van der Waals surface area contributed by atoms with Crippen LogP contribution in [0.2, 0.25) is 0 Å². The topological polar surface area (TPSA) is 26.0 Å². The number of rotatable bonds is 1. The molecular weight excluding hydrogens is 236 g/mol. The van der Waals surface area contributed by atoms with E-state index in [1.54, 1.807) is 0 Å². The van der Waals surface area contributed by atoms with Crippen molar-refractivity contribution in [1.82, 2.24) is 0 Å². The molecule has 1 rings (SSSR count). The molecule has 0 aromatic heterocycles. The summed E-state index contributed by atoms with van der Waals surface area (Å²) in [6.45, 7) is 0. The lowest BCUT2D eigenvalue weighted by Gasteiger charge is -2.14. The normalized spacial score (nSPS) is 12.9. The highest BCUT2D eigenvalue weighted by Crippen LogP contribution is 2.39. The highest BCUT2D eigenvalue weighted by molar-refractivity contribution is 7.17. The second-order valence-corrected chi connectivity index (χ2v) is 3.69. The largest absolute Gasteiger partial charge is 0.416 e. The van der Waals surface area contributed by atoms with Crippen LogP contribution in [0.4, 0.5) is 27.6 Å². The van der Waals surface area contributed by atoms with Crippen LogP contribution in [0.15, 0.2) is 18.2 Å². The Kier molecular flexibility index (Phi) is 2.92. The van der Waals surface area contributed by atoms with Gasteiger partial charge in [0.15, 0.2) is 0 Å². The van der Waals surface area contributed by atoms with Crippen LogP contribution in [0, 0.1) is 0 Å². The van der Waals surface area contributed by atoms with E-state index < -0.39 is 23.0 Å². The van der Waals surface area contributed by atoms with Crippen molar-refractivity contribution in [3.05, 3.63) is 29.3 Å². The first-order valence-electron chi connectivity index (χ1n) is 3.75. The minimum Gasteiger partial charge on any atom is -0.399 e. The van der Waals surface area contributed by atoms with Gasteiger partial charge in [0.2, 0.25) is 0 Å². The minimum absolute atomic E-state index is 0.345. The molecule has 0 saturated carbocycles. The van der Waals surface area contributed by atoms with Gasteiger partial charge in [0.25, 0.3) is 5.66 Å². The SMILES string of the molecule is Nc1cc(C(F)(F)F)cc(C(F)(F)P)c1. The first-order chi connectivity index (χ1) is 6.60. The number of anilines is 1. The van der Waals surface area contributed by atoms with Crippen LogP contribution in [0.1, 0.15) is 11.1 Å². The van der Waals surface area contributed by atoms with Gasteiger partial charge in [-0.1, -0.05) is 9.24 Å². The van der Waals surface area contributed by atoms with Crippen molar-refractivity contribution in [2.75, 3.05) is 5.73 Å². The van der Waals surface area contributed by atoms with Gasteiger partial charge in [0.05, 0.1) is 5.56 Å². The monoisotopic (exact) mass is 243 g/mol. The standard InChI is InChI=1S/C8H7F5NP/c9-7(10,11)4-1-5(8(12,13)15)3-6(14)2-4/h1-3H,14-15H2. The molecule has 84 valence electrons. The number of nitrogens with two attached hydrogens (primary N) is 1. The van der Waals surface area contributed by atoms with E-state index in [9.17, 15) is 22.0 Å². The van der Waals surface area contributed by atoms with Gasteiger partial charge < -0.3 is 5.73 Å². The van der Waals surface area contributed by atoms with Crippen LogP contribution >= 0.6 is 9.24 Å². The molecule has 0 amide bonds. The van der Waals surface area contributed by atoms with Gasteiger partial charge in [-0.3, -0.25) is 0 Å². The fraction of sp³-hybridized carbons (Fsp3) is 0.250. The zero-order valence-corrected chi connectivity index (χ0v) is 8.43. The maximum atomic E-state index is 12.7. The highest BCUT2D eigenvalue weighted by atomic mass is 31.0. The molecule has 0 spiro atoms. The van der Waals surface area contributed by atoms with E-state index in [4.69, 9.17) is 5.73 Å². The summed E-state index contributed by atoms with van der Waals surface area (Å²) in [7, 11) is 1.16. The molecular formula is C8H7F5NP. The fourth-order valence-electron chi connectivity index (χ4n) is 1.01. The van der Waals surface area contributed by atoms with Gasteiger partial charge in [-0.2, -0.15) is 22.0 Å². The van der Waals surface area contributed by atoms with Crippen molar-refractivity contribution in [3.63, 3.8) is 0 Å². The van der Waals surface area contributed by atoms with Crippen molar-refractivity contribution < 1.29 is 22.0 Å². The van der Waals surface area contributed by atoms with Crippen LogP contribution in [0.3, 0.4) is 0 Å². The third kappa shape index (κ3) is 3.02. The first kappa shape index (κ1) is 12.2. The molecule has 0 heterocycles. The third-order valence-electron chi connectivity index (χ3n) is 1.67. The Bertz CT molecular complexity index is 336. The molecule has 0 radical (unpaired) electrons. The molecule has 1 nitrogen and oxygen atoms in total. The molecule has 1 aromatic rings. The number of halogens is 5. The van der Waals surface area contributed by atoms with Crippen LogP contribution in [0.5, 0.6) is 0 Å². The lowest BCUT2D eigenvalue weighted by Crippen LogP contribution is -2.10. The maximum Gasteiger partial charge on any atom is 0.416 e. The molecule has 0 aliphatic rings. The van der Waals surface area contributed by atoms with Gasteiger partial charge in [-0.25, -0.2) is 0 Å². The van der Waals surface area contributed by atoms with Crippen molar-refractivity contribution in [2.45, 2.75) is 11.8 Å². The van der Waals surface area contributed by atoms with E-state index in [0.717, 1.165) is 15.3 Å². The molecule has 0 aliphatic carbocycles. The molecule has 15 heavy (non-hydrogen) atoms. The summed E-state index contributed by atoms with van der Waals surface area (Å²) in [5, 5.41) is 0. The molecule has 0 saturated heterocycles. The summed E-state index contributed by atoms with van der Waals surface area (Å²) >= 11 is 0. The van der Waals surface area contributed by atoms with Crippen LogP contribution in [-0.4, -0.2) is 0 Å². The lowest BCUT2D eigenvalue weighted by atomic mass is 10.1. The summed E-state index contributed by atoms with van der Waals surface area (Å²) in [5.74, 6) is 0. The van der Waals surface area contributed by atoms with E-state index >= 15 is 0 Å². The quantitative estimate of drug-likeness (QED) is 0.457. The zero-order valence-electron chi connectivity index (χ0n) is 7.28. The van der Waals surface area contributed by atoms with Crippen molar-refractivity contribution in [1.29, 1.82) is 0 Å². The molecule has 0 fully saturated rings. The molecule has 2 N–H and O–H groups in total. The van der Waals surface area contributed by atoms with Gasteiger partial charge in [0, 0.05) is 11.3 Å². The molecule has 1 aromatic carbocycles. The van der Waals surface area contributed by atoms with E-state index in [2.05, 4.69) is 0 Å².